The van der Waals surface area contributed by atoms with Crippen LogP contribution in [0.3, 0.4) is 0 Å². The molecule has 7 heteroatoms. The number of hydrogen-bond donors (Lipinski definition) is 1. The van der Waals surface area contributed by atoms with Gasteiger partial charge < -0.3 is 10.1 Å². The van der Waals surface area contributed by atoms with Crippen molar-refractivity contribution in [3.05, 3.63) is 36.2 Å². The van der Waals surface area contributed by atoms with Crippen molar-refractivity contribution in [2.75, 3.05) is 0 Å². The van der Waals surface area contributed by atoms with Crippen molar-refractivity contribution in [3.63, 3.8) is 0 Å². The molecule has 1 heterocycles. The number of nitrogens with one attached hydrogen (secondary N) is 1. The molecule has 0 aliphatic heterocycles. The second-order valence-corrected chi connectivity index (χ2v) is 4.54. The van der Waals surface area contributed by atoms with Gasteiger partial charge in [0, 0.05) is 12.6 Å². The van der Waals surface area contributed by atoms with Crippen molar-refractivity contribution < 1.29 is 13.5 Å². The Kier molecular flexibility index (Phi) is 4.62. The molecule has 0 bridgehead atoms. The summed E-state index contributed by atoms with van der Waals surface area (Å²) in [6, 6.07) is 6.79. The summed E-state index contributed by atoms with van der Waals surface area (Å²) in [7, 11) is 0. The lowest BCUT2D eigenvalue weighted by Gasteiger charge is -2.09. The molecule has 0 spiro atoms. The Morgan fingerprint density at radius 3 is 2.75 bits per heavy atom. The summed E-state index contributed by atoms with van der Waals surface area (Å²) in [5.41, 5.74) is 1.15. The highest BCUT2D eigenvalue weighted by atomic mass is 19.3. The van der Waals surface area contributed by atoms with E-state index in [-0.39, 0.29) is 5.75 Å². The molecule has 1 aromatic heterocycles. The molecule has 0 saturated carbocycles. The first-order chi connectivity index (χ1) is 9.56. The van der Waals surface area contributed by atoms with Crippen molar-refractivity contribution >= 4 is 0 Å². The molecule has 0 amide bonds. The minimum absolute atomic E-state index is 0.0655. The summed E-state index contributed by atoms with van der Waals surface area (Å²) in [6.07, 6.45) is 1.68. The van der Waals surface area contributed by atoms with E-state index in [4.69, 9.17) is 0 Å². The minimum Gasteiger partial charge on any atom is -0.433 e. The van der Waals surface area contributed by atoms with Gasteiger partial charge in [0.1, 0.15) is 5.69 Å². The van der Waals surface area contributed by atoms with Gasteiger partial charge in [0.05, 0.1) is 11.9 Å². The molecule has 2 rings (SSSR count). The lowest BCUT2D eigenvalue weighted by atomic mass is 10.3. The monoisotopic (exact) mass is 282 g/mol. The maximum atomic E-state index is 12.4. The van der Waals surface area contributed by atoms with Crippen LogP contribution in [0, 0.1) is 0 Å². The molecule has 20 heavy (non-hydrogen) atoms. The van der Waals surface area contributed by atoms with Crippen LogP contribution in [0.2, 0.25) is 0 Å². The SMILES string of the molecule is CC(C)NCc1cn(-c2ccccc2OC(F)F)nn1. The van der Waals surface area contributed by atoms with Gasteiger partial charge in [0.15, 0.2) is 5.75 Å². The Bertz CT molecular complexity index is 557. The van der Waals surface area contributed by atoms with Gasteiger partial charge >= 0.3 is 6.61 Å². The number of benzene rings is 1. The van der Waals surface area contributed by atoms with E-state index in [2.05, 4.69) is 20.4 Å². The summed E-state index contributed by atoms with van der Waals surface area (Å²) in [5.74, 6) is 0.0655. The first-order valence-corrected chi connectivity index (χ1v) is 6.25. The molecular weight excluding hydrogens is 266 g/mol. The number of rotatable bonds is 6. The van der Waals surface area contributed by atoms with Gasteiger partial charge in [0.25, 0.3) is 0 Å². The van der Waals surface area contributed by atoms with Gasteiger partial charge in [-0.25, -0.2) is 4.68 Å². The number of ether oxygens (including phenoxy) is 1. The van der Waals surface area contributed by atoms with E-state index in [1.807, 2.05) is 13.8 Å². The first-order valence-electron chi connectivity index (χ1n) is 6.25. The molecule has 0 saturated heterocycles. The summed E-state index contributed by atoms with van der Waals surface area (Å²) >= 11 is 0. The normalized spacial score (nSPS) is 11.3. The van der Waals surface area contributed by atoms with Gasteiger partial charge in [-0.1, -0.05) is 31.2 Å². The fourth-order valence-electron chi connectivity index (χ4n) is 1.65. The van der Waals surface area contributed by atoms with Crippen molar-refractivity contribution in [3.8, 4) is 11.4 Å². The van der Waals surface area contributed by atoms with Crippen molar-refractivity contribution in [1.82, 2.24) is 20.3 Å². The third-order valence-electron chi connectivity index (χ3n) is 2.56. The molecule has 5 nitrogen and oxygen atoms in total. The Morgan fingerprint density at radius 1 is 1.30 bits per heavy atom. The Labute approximate surface area is 115 Å². The van der Waals surface area contributed by atoms with Crippen LogP contribution in [0.15, 0.2) is 30.5 Å². The lowest BCUT2D eigenvalue weighted by Crippen LogP contribution is -2.21. The molecule has 0 fully saturated rings. The molecule has 0 atom stereocenters. The van der Waals surface area contributed by atoms with E-state index >= 15 is 0 Å². The fraction of sp³-hybridized carbons (Fsp3) is 0.385. The summed E-state index contributed by atoms with van der Waals surface area (Å²) in [6.45, 7) is 1.74. The average Bonchev–Trinajstić information content (AvgIpc) is 2.85. The van der Waals surface area contributed by atoms with Crippen LogP contribution in [0.4, 0.5) is 8.78 Å². The second-order valence-electron chi connectivity index (χ2n) is 4.54. The third-order valence-corrected chi connectivity index (χ3v) is 2.56. The van der Waals surface area contributed by atoms with Crippen LogP contribution >= 0.6 is 0 Å². The number of nitrogens with zero attached hydrogens (tertiary/aromatic N) is 3. The van der Waals surface area contributed by atoms with E-state index in [0.717, 1.165) is 5.69 Å². The average molecular weight is 282 g/mol. The fourth-order valence-corrected chi connectivity index (χ4v) is 1.65. The van der Waals surface area contributed by atoms with Crippen molar-refractivity contribution in [2.45, 2.75) is 33.0 Å². The van der Waals surface area contributed by atoms with E-state index in [1.165, 1.54) is 10.7 Å². The van der Waals surface area contributed by atoms with Crippen LogP contribution in [0.25, 0.3) is 5.69 Å². The minimum atomic E-state index is -2.87. The number of hydrogen-bond acceptors (Lipinski definition) is 4. The second kappa shape index (κ2) is 6.42. The Morgan fingerprint density at radius 2 is 2.05 bits per heavy atom. The molecular formula is C13H16F2N4O. The van der Waals surface area contributed by atoms with Crippen LogP contribution < -0.4 is 10.1 Å². The van der Waals surface area contributed by atoms with E-state index in [1.54, 1.807) is 24.4 Å². The largest absolute Gasteiger partial charge is 0.433 e. The van der Waals surface area contributed by atoms with Gasteiger partial charge in [0.2, 0.25) is 0 Å². The highest BCUT2D eigenvalue weighted by Crippen LogP contribution is 2.23. The third kappa shape index (κ3) is 3.74. The van der Waals surface area contributed by atoms with Crippen LogP contribution in [0.5, 0.6) is 5.75 Å². The number of halogens is 2. The topological polar surface area (TPSA) is 52.0 Å². The smallest absolute Gasteiger partial charge is 0.387 e. The highest BCUT2D eigenvalue weighted by Gasteiger charge is 2.12. The molecule has 0 radical (unpaired) electrons. The number of para-hydroxylation sites is 2. The molecule has 0 aliphatic carbocycles. The predicted molar refractivity (Wildman–Crippen MR) is 70.0 cm³/mol. The van der Waals surface area contributed by atoms with Gasteiger partial charge in [-0.05, 0) is 12.1 Å². The Balaban J connectivity index is 2.19. The standard InChI is InChI=1S/C13H16F2N4O/c1-9(2)16-7-10-8-19(18-17-10)11-5-3-4-6-12(11)20-13(14)15/h3-6,8-9,13,16H,7H2,1-2H3. The van der Waals surface area contributed by atoms with Gasteiger partial charge in [-0.2, -0.15) is 8.78 Å². The molecule has 2 aromatic rings. The zero-order valence-corrected chi connectivity index (χ0v) is 11.3. The molecule has 108 valence electrons. The van der Waals surface area contributed by atoms with Crippen LogP contribution in [-0.2, 0) is 6.54 Å². The zero-order chi connectivity index (χ0) is 14.5. The quantitative estimate of drug-likeness (QED) is 0.883. The number of alkyl halides is 2. The summed E-state index contributed by atoms with van der Waals surface area (Å²) in [4.78, 5) is 0. The van der Waals surface area contributed by atoms with Gasteiger partial charge in [-0.3, -0.25) is 0 Å². The first kappa shape index (κ1) is 14.4. The molecule has 0 unspecified atom stereocenters. The van der Waals surface area contributed by atoms with Crippen LogP contribution in [0.1, 0.15) is 19.5 Å². The molecule has 1 aromatic carbocycles. The molecule has 0 aliphatic rings. The number of aromatic nitrogens is 3. The lowest BCUT2D eigenvalue weighted by molar-refractivity contribution is -0.0499. The van der Waals surface area contributed by atoms with E-state index in [9.17, 15) is 8.78 Å². The van der Waals surface area contributed by atoms with Crippen molar-refractivity contribution in [2.24, 2.45) is 0 Å². The van der Waals surface area contributed by atoms with E-state index in [0.29, 0.717) is 18.3 Å². The van der Waals surface area contributed by atoms with E-state index < -0.39 is 6.61 Å². The van der Waals surface area contributed by atoms with Gasteiger partial charge in [-0.15, -0.1) is 5.10 Å². The zero-order valence-electron chi connectivity index (χ0n) is 11.3. The summed E-state index contributed by atoms with van der Waals surface area (Å²) in [5, 5.41) is 11.1. The van der Waals surface area contributed by atoms with Crippen molar-refractivity contribution in [1.29, 1.82) is 0 Å². The highest BCUT2D eigenvalue weighted by molar-refractivity contribution is 5.45. The Hall–Kier alpha value is -2.02. The van der Waals surface area contributed by atoms with Crippen LogP contribution in [-0.4, -0.2) is 27.6 Å². The maximum Gasteiger partial charge on any atom is 0.387 e. The predicted octanol–water partition coefficient (Wildman–Crippen LogP) is 2.37. The summed E-state index contributed by atoms with van der Waals surface area (Å²) < 4.78 is 30.6. The molecule has 1 N–H and O–H groups in total. The maximum absolute atomic E-state index is 12.4.